The zero-order chi connectivity index (χ0) is 30.2. The number of nitrogens with two attached hydrogens (primary N) is 1. The standard InChI is InChI=1S/C30H37N3O8/c1-29(2,3)32-12-14-6-9-19(41-14)15-7-8-18(34)21-16(15)10-13-11-17-23(33(4)5)25(36)22(28(31)39)27(38)30(17,40)26(37)20(13)24(21)35/h6-9,13,17,22-23,25,32,34-36,40H,10-12H2,1-5H3,(H2,31,39)/t13-,17-,22?,23-,25?,30-/m1/s1. The first-order chi connectivity index (χ1) is 19.1. The van der Waals surface area contributed by atoms with Gasteiger partial charge in [0.25, 0.3) is 0 Å². The maximum Gasteiger partial charge on any atom is 0.230 e. The molecular weight excluding hydrogens is 530 g/mol. The number of fused-ring (bicyclic) bond motifs is 3. The minimum Gasteiger partial charge on any atom is -0.507 e. The highest BCUT2D eigenvalue weighted by Gasteiger charge is 2.67. The third kappa shape index (κ3) is 4.47. The number of aliphatic hydroxyl groups is 3. The number of primary amides is 1. The van der Waals surface area contributed by atoms with Crippen molar-refractivity contribution in [3.8, 4) is 17.1 Å². The van der Waals surface area contributed by atoms with Gasteiger partial charge in [-0.2, -0.15) is 0 Å². The zero-order valence-corrected chi connectivity index (χ0v) is 23.8. The normalized spacial score (nSPS) is 29.8. The van der Waals surface area contributed by atoms with E-state index in [0.717, 1.165) is 0 Å². The number of Topliss-reactive ketones (excluding diaryl/α,β-unsaturated/α-hetero) is 2. The molecule has 2 aromatic rings. The largest absolute Gasteiger partial charge is 0.507 e. The molecule has 2 fully saturated rings. The fourth-order valence-corrected chi connectivity index (χ4v) is 6.81. The van der Waals surface area contributed by atoms with Gasteiger partial charge in [-0.05, 0) is 83.5 Å². The number of phenolic OH excluding ortho intramolecular Hbond substituents is 1. The number of furan rings is 1. The van der Waals surface area contributed by atoms with Gasteiger partial charge in [0, 0.05) is 28.6 Å². The molecule has 0 spiro atoms. The fourth-order valence-electron chi connectivity index (χ4n) is 6.81. The van der Waals surface area contributed by atoms with Crippen molar-refractivity contribution < 1.29 is 39.2 Å². The predicted molar refractivity (Wildman–Crippen MR) is 148 cm³/mol. The molecular formula is C30H37N3O8. The highest BCUT2D eigenvalue weighted by molar-refractivity contribution is 6.25. The smallest absolute Gasteiger partial charge is 0.230 e. The summed E-state index contributed by atoms with van der Waals surface area (Å²) in [7, 11) is 3.23. The van der Waals surface area contributed by atoms with Gasteiger partial charge < -0.3 is 40.8 Å². The van der Waals surface area contributed by atoms with E-state index in [2.05, 4.69) is 5.32 Å². The minimum atomic E-state index is -2.69. The van der Waals surface area contributed by atoms with Crippen molar-refractivity contribution in [1.29, 1.82) is 0 Å². The Bertz CT molecular complexity index is 1470. The molecule has 1 heterocycles. The Morgan fingerprint density at radius 1 is 1.17 bits per heavy atom. The molecule has 0 aliphatic heterocycles. The number of nitrogens with zero attached hydrogens (tertiary/aromatic N) is 1. The van der Waals surface area contributed by atoms with Gasteiger partial charge in [-0.1, -0.05) is 0 Å². The van der Waals surface area contributed by atoms with Crippen molar-refractivity contribution in [2.75, 3.05) is 14.1 Å². The maximum absolute atomic E-state index is 14.0. The Labute approximate surface area is 237 Å². The summed E-state index contributed by atoms with van der Waals surface area (Å²) in [6.45, 7) is 6.62. The lowest BCUT2D eigenvalue weighted by Gasteiger charge is -2.53. The van der Waals surface area contributed by atoms with Gasteiger partial charge in [0.05, 0.1) is 18.2 Å². The third-order valence-electron chi connectivity index (χ3n) is 8.69. The average molecular weight is 568 g/mol. The van der Waals surface area contributed by atoms with Crippen molar-refractivity contribution in [2.45, 2.75) is 63.4 Å². The summed E-state index contributed by atoms with van der Waals surface area (Å²) in [5, 5.41) is 48.3. The van der Waals surface area contributed by atoms with Gasteiger partial charge in [-0.25, -0.2) is 0 Å². The lowest BCUT2D eigenvalue weighted by molar-refractivity contribution is -0.184. The van der Waals surface area contributed by atoms with E-state index in [1.54, 1.807) is 31.1 Å². The number of rotatable bonds is 5. The van der Waals surface area contributed by atoms with Crippen LogP contribution in [0.1, 0.15) is 44.1 Å². The first-order valence-corrected chi connectivity index (χ1v) is 13.7. The Morgan fingerprint density at radius 2 is 1.85 bits per heavy atom. The molecule has 5 rings (SSSR count). The number of amides is 1. The van der Waals surface area contributed by atoms with Gasteiger partial charge in [-0.15, -0.1) is 0 Å². The molecule has 41 heavy (non-hydrogen) atoms. The second-order valence-electron chi connectivity index (χ2n) is 12.6. The number of carbonyl (C=O) groups is 3. The van der Waals surface area contributed by atoms with Gasteiger partial charge in [-0.3, -0.25) is 14.4 Å². The van der Waals surface area contributed by atoms with Crippen LogP contribution in [0.5, 0.6) is 5.75 Å². The predicted octanol–water partition coefficient (Wildman–Crippen LogP) is 1.28. The summed E-state index contributed by atoms with van der Waals surface area (Å²) in [6, 6.07) is 5.76. The summed E-state index contributed by atoms with van der Waals surface area (Å²) in [6.07, 6.45) is -1.30. The first kappa shape index (κ1) is 29.0. The number of hydrogen-bond donors (Lipinski definition) is 6. The van der Waals surface area contributed by atoms with E-state index in [1.165, 1.54) is 6.07 Å². The lowest BCUT2D eigenvalue weighted by atomic mass is 9.54. The van der Waals surface area contributed by atoms with Crippen LogP contribution in [0.2, 0.25) is 0 Å². The van der Waals surface area contributed by atoms with Gasteiger partial charge in [0.1, 0.15) is 28.9 Å². The molecule has 6 atom stereocenters. The van der Waals surface area contributed by atoms with Crippen LogP contribution in [0.15, 0.2) is 34.3 Å². The summed E-state index contributed by atoms with van der Waals surface area (Å²) < 4.78 is 6.10. The van der Waals surface area contributed by atoms with Gasteiger partial charge >= 0.3 is 0 Å². The molecule has 11 heteroatoms. The third-order valence-corrected chi connectivity index (χ3v) is 8.69. The summed E-state index contributed by atoms with van der Waals surface area (Å²) in [5.74, 6) is -6.51. The molecule has 0 bridgehead atoms. The zero-order valence-electron chi connectivity index (χ0n) is 23.8. The SMILES string of the molecule is CN(C)[C@H]1C(O)C(C(N)=O)C(=O)[C@]2(O)C(=O)C3=C(O)c4c(O)ccc(-c5ccc(CNC(C)(C)C)o5)c4C[C@@H]3C[C@H]12. The van der Waals surface area contributed by atoms with Crippen LogP contribution in [0.3, 0.4) is 0 Å². The van der Waals surface area contributed by atoms with Crippen molar-refractivity contribution in [2.24, 2.45) is 23.5 Å². The maximum atomic E-state index is 14.0. The molecule has 1 aromatic heterocycles. The molecule has 2 unspecified atom stereocenters. The van der Waals surface area contributed by atoms with E-state index >= 15 is 0 Å². The first-order valence-electron chi connectivity index (χ1n) is 13.7. The molecule has 2 saturated carbocycles. The Hall–Kier alpha value is -3.51. The number of aliphatic hydroxyl groups excluding tert-OH is 2. The number of likely N-dealkylation sites (N-methyl/N-ethyl adjacent to an activating group) is 1. The van der Waals surface area contributed by atoms with Crippen molar-refractivity contribution in [3.63, 3.8) is 0 Å². The molecule has 220 valence electrons. The highest BCUT2D eigenvalue weighted by Crippen LogP contribution is 2.53. The molecule has 1 amide bonds. The van der Waals surface area contributed by atoms with E-state index in [0.29, 0.717) is 29.2 Å². The monoisotopic (exact) mass is 567 g/mol. The van der Waals surface area contributed by atoms with E-state index in [9.17, 15) is 34.8 Å². The Kier molecular flexibility index (Phi) is 6.93. The summed E-state index contributed by atoms with van der Waals surface area (Å²) in [5.41, 5.74) is 3.62. The van der Waals surface area contributed by atoms with Gasteiger partial charge in [0.15, 0.2) is 11.4 Å². The van der Waals surface area contributed by atoms with Crippen LogP contribution in [0.25, 0.3) is 17.1 Å². The molecule has 11 nitrogen and oxygen atoms in total. The second-order valence-corrected chi connectivity index (χ2v) is 12.6. The fraction of sp³-hybridized carbons (Fsp3) is 0.500. The Balaban J connectivity index is 1.61. The molecule has 1 aromatic carbocycles. The van der Waals surface area contributed by atoms with Gasteiger partial charge in [0.2, 0.25) is 11.7 Å². The van der Waals surface area contributed by atoms with Crippen LogP contribution in [0.4, 0.5) is 0 Å². The van der Waals surface area contributed by atoms with Crippen molar-refractivity contribution >= 4 is 23.2 Å². The van der Waals surface area contributed by atoms with Crippen molar-refractivity contribution in [1.82, 2.24) is 10.2 Å². The molecule has 0 saturated heterocycles. The molecule has 0 radical (unpaired) electrons. The average Bonchev–Trinajstić information content (AvgIpc) is 3.33. The number of nitrogens with one attached hydrogen (secondary N) is 1. The lowest BCUT2D eigenvalue weighted by Crippen LogP contribution is -2.73. The van der Waals surface area contributed by atoms with Crippen LogP contribution in [-0.4, -0.2) is 80.2 Å². The highest BCUT2D eigenvalue weighted by atomic mass is 16.3. The number of aromatic hydroxyl groups is 1. The summed E-state index contributed by atoms with van der Waals surface area (Å²) >= 11 is 0. The van der Waals surface area contributed by atoms with E-state index < -0.39 is 58.7 Å². The topological polar surface area (TPSA) is 187 Å². The van der Waals surface area contributed by atoms with Crippen LogP contribution in [-0.2, 0) is 27.3 Å². The van der Waals surface area contributed by atoms with E-state index in [1.807, 2.05) is 26.8 Å². The number of ketones is 2. The molecule has 7 N–H and O–H groups in total. The quantitative estimate of drug-likeness (QED) is 0.287. The van der Waals surface area contributed by atoms with Crippen molar-refractivity contribution in [3.05, 3.63) is 46.7 Å². The van der Waals surface area contributed by atoms with Crippen LogP contribution in [0, 0.1) is 17.8 Å². The van der Waals surface area contributed by atoms with Crippen LogP contribution < -0.4 is 11.1 Å². The van der Waals surface area contributed by atoms with Crippen LogP contribution >= 0.6 is 0 Å². The Morgan fingerprint density at radius 3 is 2.46 bits per heavy atom. The number of benzene rings is 1. The second kappa shape index (κ2) is 9.80. The van der Waals surface area contributed by atoms with E-state index in [-0.39, 0.29) is 35.3 Å². The van der Waals surface area contributed by atoms with E-state index in [4.69, 9.17) is 10.2 Å². The summed E-state index contributed by atoms with van der Waals surface area (Å²) in [4.78, 5) is 41.1. The molecule has 3 aliphatic rings. The number of carbonyl (C=O) groups excluding carboxylic acids is 3. The molecule has 3 aliphatic carbocycles. The number of phenols is 1. The number of hydrogen-bond acceptors (Lipinski definition) is 10. The minimum absolute atomic E-state index is 0.0221.